The summed E-state index contributed by atoms with van der Waals surface area (Å²) >= 11 is 0. The smallest absolute Gasteiger partial charge is 0.339 e. The summed E-state index contributed by atoms with van der Waals surface area (Å²) < 4.78 is 5.55. The fourth-order valence-corrected chi connectivity index (χ4v) is 2.10. The maximum absolute atomic E-state index is 11.1. The summed E-state index contributed by atoms with van der Waals surface area (Å²) in [5.74, 6) is -0.655. The molecule has 0 aliphatic heterocycles. The number of nitrogens with two attached hydrogens (primary N) is 1. The maximum atomic E-state index is 11.1. The number of nitrogen functional groups attached to an aromatic ring is 1. The van der Waals surface area contributed by atoms with Crippen molar-refractivity contribution in [1.29, 1.82) is 0 Å². The summed E-state index contributed by atoms with van der Waals surface area (Å²) in [6.45, 7) is 0.497. The molecule has 0 radical (unpaired) electrons. The minimum absolute atomic E-state index is 0.109. The number of hydrogen-bond donors (Lipinski definition) is 2. The van der Waals surface area contributed by atoms with E-state index in [1.165, 1.54) is 11.6 Å². The van der Waals surface area contributed by atoms with Crippen LogP contribution >= 0.6 is 0 Å². The molecule has 0 fully saturated rings. The Balaban J connectivity index is 1.80. The quantitative estimate of drug-likeness (QED) is 0.604. The van der Waals surface area contributed by atoms with Gasteiger partial charge >= 0.3 is 5.97 Å². The molecule has 0 aliphatic rings. The highest BCUT2D eigenvalue weighted by atomic mass is 16.5. The Bertz CT molecular complexity index is 596. The normalized spacial score (nSPS) is 10.3. The summed E-state index contributed by atoms with van der Waals surface area (Å²) in [6.07, 6.45) is 2.87. The van der Waals surface area contributed by atoms with E-state index in [2.05, 4.69) is 12.1 Å². The average Bonchev–Trinajstić information content (AvgIpc) is 2.49. The van der Waals surface area contributed by atoms with E-state index in [1.807, 2.05) is 18.2 Å². The Labute approximate surface area is 124 Å². The van der Waals surface area contributed by atoms with Crippen molar-refractivity contribution < 1.29 is 14.6 Å². The van der Waals surface area contributed by atoms with Crippen LogP contribution in [0.1, 0.15) is 28.8 Å². The molecule has 0 saturated carbocycles. The van der Waals surface area contributed by atoms with E-state index >= 15 is 0 Å². The number of rotatable bonds is 7. The summed E-state index contributed by atoms with van der Waals surface area (Å²) in [7, 11) is 0. The molecule has 0 amide bonds. The van der Waals surface area contributed by atoms with Crippen LogP contribution in [0.2, 0.25) is 0 Å². The lowest BCUT2D eigenvalue weighted by Crippen LogP contribution is -2.05. The molecule has 4 heteroatoms. The van der Waals surface area contributed by atoms with Gasteiger partial charge in [0.2, 0.25) is 0 Å². The van der Waals surface area contributed by atoms with Crippen LogP contribution in [-0.4, -0.2) is 17.7 Å². The van der Waals surface area contributed by atoms with Crippen molar-refractivity contribution in [2.45, 2.75) is 19.3 Å². The number of aryl methyl sites for hydroxylation is 1. The molecule has 3 N–H and O–H groups in total. The zero-order chi connectivity index (χ0) is 15.1. The topological polar surface area (TPSA) is 72.5 Å². The van der Waals surface area contributed by atoms with Crippen molar-refractivity contribution in [2.75, 3.05) is 12.3 Å². The lowest BCUT2D eigenvalue weighted by molar-refractivity contribution is 0.0692. The van der Waals surface area contributed by atoms with Gasteiger partial charge in [0.1, 0.15) is 11.3 Å². The van der Waals surface area contributed by atoms with Gasteiger partial charge in [0.15, 0.2) is 0 Å². The first-order valence-electron chi connectivity index (χ1n) is 6.96. The fourth-order valence-electron chi connectivity index (χ4n) is 2.10. The standard InChI is InChI=1S/C17H19NO3/c18-14-9-10-16(15(12-14)17(19)20)21-11-5-4-8-13-6-2-1-3-7-13/h1-3,6-7,9-10,12H,4-5,8,11,18H2,(H,19,20). The first kappa shape index (κ1) is 14.9. The first-order valence-corrected chi connectivity index (χ1v) is 6.96. The van der Waals surface area contributed by atoms with Crippen molar-refractivity contribution in [1.82, 2.24) is 0 Å². The number of hydrogen-bond acceptors (Lipinski definition) is 3. The van der Waals surface area contributed by atoms with Gasteiger partial charge in [-0.25, -0.2) is 4.79 Å². The van der Waals surface area contributed by atoms with Crippen LogP contribution in [0.5, 0.6) is 5.75 Å². The molecular weight excluding hydrogens is 266 g/mol. The van der Waals surface area contributed by atoms with Gasteiger partial charge in [0.05, 0.1) is 6.61 Å². The van der Waals surface area contributed by atoms with Crippen LogP contribution in [-0.2, 0) is 6.42 Å². The van der Waals surface area contributed by atoms with Crippen molar-refractivity contribution >= 4 is 11.7 Å². The third kappa shape index (κ3) is 4.53. The second-order valence-corrected chi connectivity index (χ2v) is 4.85. The number of ether oxygens (including phenoxy) is 1. The van der Waals surface area contributed by atoms with E-state index in [9.17, 15) is 4.79 Å². The van der Waals surface area contributed by atoms with Gasteiger partial charge in [-0.2, -0.15) is 0 Å². The highest BCUT2D eigenvalue weighted by molar-refractivity contribution is 5.92. The van der Waals surface area contributed by atoms with Crippen LogP contribution in [0.25, 0.3) is 0 Å². The number of unbranched alkanes of at least 4 members (excludes halogenated alkanes) is 1. The zero-order valence-corrected chi connectivity index (χ0v) is 11.8. The molecule has 110 valence electrons. The Morgan fingerprint density at radius 1 is 1.10 bits per heavy atom. The summed E-state index contributed by atoms with van der Waals surface area (Å²) in [6, 6.07) is 14.9. The average molecular weight is 285 g/mol. The molecule has 0 aromatic heterocycles. The van der Waals surface area contributed by atoms with Crippen LogP contribution in [0.4, 0.5) is 5.69 Å². The van der Waals surface area contributed by atoms with Crippen molar-refractivity contribution in [3.8, 4) is 5.75 Å². The highest BCUT2D eigenvalue weighted by Gasteiger charge is 2.11. The van der Waals surface area contributed by atoms with Crippen LogP contribution in [0.3, 0.4) is 0 Å². The van der Waals surface area contributed by atoms with E-state index in [1.54, 1.807) is 12.1 Å². The molecule has 0 unspecified atom stereocenters. The van der Waals surface area contributed by atoms with E-state index in [0.29, 0.717) is 18.0 Å². The van der Waals surface area contributed by atoms with Crippen LogP contribution < -0.4 is 10.5 Å². The molecule has 0 heterocycles. The number of benzene rings is 2. The Morgan fingerprint density at radius 2 is 1.86 bits per heavy atom. The molecule has 4 nitrogen and oxygen atoms in total. The number of anilines is 1. The van der Waals surface area contributed by atoms with Crippen molar-refractivity contribution in [2.24, 2.45) is 0 Å². The SMILES string of the molecule is Nc1ccc(OCCCCc2ccccc2)c(C(=O)O)c1. The lowest BCUT2D eigenvalue weighted by Gasteiger charge is -2.09. The van der Waals surface area contributed by atoms with E-state index in [4.69, 9.17) is 15.6 Å². The Kier molecular flexibility index (Phi) is 5.21. The van der Waals surface area contributed by atoms with E-state index in [0.717, 1.165) is 19.3 Å². The fraction of sp³-hybridized carbons (Fsp3) is 0.235. The molecule has 21 heavy (non-hydrogen) atoms. The Morgan fingerprint density at radius 3 is 2.57 bits per heavy atom. The largest absolute Gasteiger partial charge is 0.493 e. The van der Waals surface area contributed by atoms with Gasteiger partial charge in [-0.3, -0.25) is 0 Å². The zero-order valence-electron chi connectivity index (χ0n) is 11.8. The summed E-state index contributed by atoms with van der Waals surface area (Å²) in [4.78, 5) is 11.1. The number of carboxylic acids is 1. The second-order valence-electron chi connectivity index (χ2n) is 4.85. The van der Waals surface area contributed by atoms with Crippen LogP contribution in [0.15, 0.2) is 48.5 Å². The molecule has 0 spiro atoms. The molecule has 2 aromatic carbocycles. The summed E-state index contributed by atoms with van der Waals surface area (Å²) in [5, 5.41) is 9.11. The maximum Gasteiger partial charge on any atom is 0.339 e. The number of aromatic carboxylic acids is 1. The minimum atomic E-state index is -1.03. The summed E-state index contributed by atoms with van der Waals surface area (Å²) in [5.41, 5.74) is 7.42. The number of carboxylic acid groups (broad SMARTS) is 1. The van der Waals surface area contributed by atoms with Crippen LogP contribution in [0, 0.1) is 0 Å². The van der Waals surface area contributed by atoms with Crippen molar-refractivity contribution in [3.05, 3.63) is 59.7 Å². The molecular formula is C17H19NO3. The number of carbonyl (C=O) groups is 1. The van der Waals surface area contributed by atoms with Gasteiger partial charge in [-0.15, -0.1) is 0 Å². The third-order valence-electron chi connectivity index (χ3n) is 3.19. The Hall–Kier alpha value is -2.49. The highest BCUT2D eigenvalue weighted by Crippen LogP contribution is 2.21. The van der Waals surface area contributed by atoms with E-state index in [-0.39, 0.29) is 5.56 Å². The predicted molar refractivity (Wildman–Crippen MR) is 82.7 cm³/mol. The second kappa shape index (κ2) is 7.33. The van der Waals surface area contributed by atoms with E-state index < -0.39 is 5.97 Å². The third-order valence-corrected chi connectivity index (χ3v) is 3.19. The lowest BCUT2D eigenvalue weighted by atomic mass is 10.1. The molecule has 0 atom stereocenters. The van der Waals surface area contributed by atoms with Gasteiger partial charge in [-0.05, 0) is 43.0 Å². The van der Waals surface area contributed by atoms with Gasteiger partial charge in [0, 0.05) is 5.69 Å². The van der Waals surface area contributed by atoms with Gasteiger partial charge < -0.3 is 15.6 Å². The monoisotopic (exact) mass is 285 g/mol. The molecule has 2 aromatic rings. The van der Waals surface area contributed by atoms with Crippen molar-refractivity contribution in [3.63, 3.8) is 0 Å². The predicted octanol–water partition coefficient (Wildman–Crippen LogP) is 3.37. The van der Waals surface area contributed by atoms with Gasteiger partial charge in [-0.1, -0.05) is 30.3 Å². The minimum Gasteiger partial charge on any atom is -0.493 e. The molecule has 0 saturated heterocycles. The van der Waals surface area contributed by atoms with Gasteiger partial charge in [0.25, 0.3) is 0 Å². The molecule has 0 aliphatic carbocycles. The first-order chi connectivity index (χ1) is 10.2. The molecule has 0 bridgehead atoms. The molecule has 2 rings (SSSR count).